The van der Waals surface area contributed by atoms with Gasteiger partial charge in [-0.25, -0.2) is 0 Å². The highest BCUT2D eigenvalue weighted by molar-refractivity contribution is 6.31. The van der Waals surface area contributed by atoms with Crippen molar-refractivity contribution < 1.29 is 34.0 Å². The van der Waals surface area contributed by atoms with Crippen LogP contribution in [0.5, 0.6) is 0 Å². The molecule has 2 aromatic carbocycles. The van der Waals surface area contributed by atoms with Crippen molar-refractivity contribution in [3.63, 3.8) is 0 Å². The van der Waals surface area contributed by atoms with Gasteiger partial charge in [0.1, 0.15) is 24.4 Å². The molecule has 7 heteroatoms. The van der Waals surface area contributed by atoms with Crippen molar-refractivity contribution in [3.05, 3.63) is 69.7 Å². The van der Waals surface area contributed by atoms with Crippen LogP contribution in [-0.2, 0) is 21.6 Å². The Bertz CT molecular complexity index is 1010. The van der Waals surface area contributed by atoms with Crippen LogP contribution < -0.4 is 0 Å². The lowest BCUT2D eigenvalue weighted by molar-refractivity contribution is -0.366. The zero-order chi connectivity index (χ0) is 24.2. The van der Waals surface area contributed by atoms with Crippen molar-refractivity contribution in [1.82, 2.24) is 0 Å². The summed E-state index contributed by atoms with van der Waals surface area (Å²) in [7, 11) is 1.23. The van der Waals surface area contributed by atoms with Gasteiger partial charge in [-0.2, -0.15) is 0 Å². The van der Waals surface area contributed by atoms with Gasteiger partial charge in [0.05, 0.1) is 6.61 Å². The second kappa shape index (κ2) is 8.55. The third kappa shape index (κ3) is 3.89. The summed E-state index contributed by atoms with van der Waals surface area (Å²) in [6.07, 6.45) is -6.69. The van der Waals surface area contributed by atoms with Crippen LogP contribution in [0.2, 0.25) is 5.02 Å². The van der Waals surface area contributed by atoms with Crippen molar-refractivity contribution in [3.8, 4) is 0 Å². The molecule has 0 unspecified atom stereocenters. The van der Waals surface area contributed by atoms with Gasteiger partial charge in [-0.3, -0.25) is 0 Å². The van der Waals surface area contributed by atoms with Gasteiger partial charge in [0.2, 0.25) is 5.79 Å². The van der Waals surface area contributed by atoms with Gasteiger partial charge in [-0.1, -0.05) is 41.9 Å². The van der Waals surface area contributed by atoms with Crippen LogP contribution in [0.25, 0.3) is 0 Å². The first-order valence-corrected chi connectivity index (χ1v) is 10.2. The molecular weight excluding hydrogens is 408 g/mol. The van der Waals surface area contributed by atoms with E-state index < -0.39 is 49.1 Å². The van der Waals surface area contributed by atoms with Crippen LogP contribution in [-0.4, -0.2) is 58.6 Å². The van der Waals surface area contributed by atoms with Crippen LogP contribution in [0.1, 0.15) is 45.1 Å². The minimum absolute atomic E-state index is 0.0785. The minimum atomic E-state index is -2.05. The number of aliphatic hydroxyl groups is 4. The molecule has 6 nitrogen and oxygen atoms in total. The Labute approximate surface area is 184 Å². The van der Waals surface area contributed by atoms with E-state index in [4.69, 9.17) is 25.2 Å². The number of aliphatic hydroxyl groups excluding tert-OH is 4. The molecule has 1 heterocycles. The van der Waals surface area contributed by atoms with Crippen LogP contribution in [0.15, 0.2) is 42.5 Å². The number of halogens is 1. The summed E-state index contributed by atoms with van der Waals surface area (Å²) in [5.74, 6) is -2.56. The molecular formula is C23H27ClO6. The maximum atomic E-state index is 10.7. The fourth-order valence-corrected chi connectivity index (χ4v) is 3.97. The zero-order valence-corrected chi connectivity index (χ0v) is 17.2. The summed E-state index contributed by atoms with van der Waals surface area (Å²) < 4.78 is 37.0. The van der Waals surface area contributed by atoms with E-state index in [0.717, 1.165) is 18.4 Å². The lowest BCUT2D eigenvalue weighted by atomic mass is 9.87. The first-order valence-electron chi connectivity index (χ1n) is 11.3. The van der Waals surface area contributed by atoms with Crippen LogP contribution in [0.3, 0.4) is 0 Å². The van der Waals surface area contributed by atoms with E-state index in [2.05, 4.69) is 0 Å². The summed E-state index contributed by atoms with van der Waals surface area (Å²) in [5.41, 5.74) is 1.40. The molecule has 0 radical (unpaired) electrons. The summed E-state index contributed by atoms with van der Waals surface area (Å²) in [5, 5.41) is 40.9. The quantitative estimate of drug-likeness (QED) is 0.552. The molecule has 4 N–H and O–H groups in total. The highest BCUT2D eigenvalue weighted by Crippen LogP contribution is 2.41. The zero-order valence-electron chi connectivity index (χ0n) is 19.5. The predicted molar refractivity (Wildman–Crippen MR) is 111 cm³/mol. The van der Waals surface area contributed by atoms with Gasteiger partial charge >= 0.3 is 0 Å². The van der Waals surface area contributed by atoms with E-state index in [1.165, 1.54) is 25.3 Å². The Morgan fingerprint density at radius 2 is 1.87 bits per heavy atom. The molecule has 5 atom stereocenters. The van der Waals surface area contributed by atoms with E-state index in [9.17, 15) is 20.4 Å². The Kier molecular flexibility index (Phi) is 5.16. The molecule has 1 aliphatic carbocycles. The molecule has 0 aromatic heterocycles. The van der Waals surface area contributed by atoms with Gasteiger partial charge in [-0.05, 0) is 53.9 Å². The number of rotatable bonds is 6. The van der Waals surface area contributed by atoms with Crippen molar-refractivity contribution in [2.45, 2.75) is 55.3 Å². The van der Waals surface area contributed by atoms with Crippen molar-refractivity contribution in [2.24, 2.45) is 0 Å². The number of ether oxygens (including phenoxy) is 2. The van der Waals surface area contributed by atoms with Crippen LogP contribution in [0.4, 0.5) is 0 Å². The predicted octanol–water partition coefficient (Wildman–Crippen LogP) is 2.08. The maximum Gasteiger partial charge on any atom is 0.224 e. The largest absolute Gasteiger partial charge is 0.394 e. The highest BCUT2D eigenvalue weighted by atomic mass is 35.5. The summed E-state index contributed by atoms with van der Waals surface area (Å²) >= 11 is 6.37. The average molecular weight is 438 g/mol. The molecule has 2 aliphatic rings. The molecule has 0 amide bonds. The van der Waals surface area contributed by atoms with Crippen LogP contribution in [0, 0.1) is 0 Å². The molecule has 30 heavy (non-hydrogen) atoms. The van der Waals surface area contributed by atoms with Crippen molar-refractivity contribution in [2.75, 3.05) is 13.7 Å². The lowest BCUT2D eigenvalue weighted by Crippen LogP contribution is -2.64. The molecule has 4 rings (SSSR count). The average Bonchev–Trinajstić information content (AvgIpc) is 3.57. The number of benzene rings is 2. The maximum absolute atomic E-state index is 10.7. The minimum Gasteiger partial charge on any atom is -0.394 e. The van der Waals surface area contributed by atoms with E-state index in [1.54, 1.807) is 24.3 Å². The van der Waals surface area contributed by atoms with Crippen molar-refractivity contribution >= 4 is 11.6 Å². The fourth-order valence-electron chi connectivity index (χ4n) is 3.80. The van der Waals surface area contributed by atoms with Crippen molar-refractivity contribution in [1.29, 1.82) is 0 Å². The van der Waals surface area contributed by atoms with E-state index in [0.29, 0.717) is 5.56 Å². The topological polar surface area (TPSA) is 99.4 Å². The Morgan fingerprint density at radius 3 is 2.47 bits per heavy atom. The summed E-state index contributed by atoms with van der Waals surface area (Å²) in [4.78, 5) is 0. The van der Waals surface area contributed by atoms with Gasteiger partial charge in [0.25, 0.3) is 0 Å². The third-order valence-electron chi connectivity index (χ3n) is 5.69. The Hall–Kier alpha value is -1.51. The van der Waals surface area contributed by atoms with Gasteiger partial charge in [-0.15, -0.1) is 0 Å². The fraction of sp³-hybridized carbons (Fsp3) is 0.478. The van der Waals surface area contributed by atoms with E-state index >= 15 is 0 Å². The second-order valence-corrected chi connectivity index (χ2v) is 8.04. The van der Waals surface area contributed by atoms with E-state index in [-0.39, 0.29) is 16.1 Å². The molecule has 2 aromatic rings. The molecule has 162 valence electrons. The number of hydrogen-bond acceptors (Lipinski definition) is 6. The first kappa shape index (κ1) is 18.1. The summed E-state index contributed by atoms with van der Waals surface area (Å²) in [6, 6.07) is 11.0. The summed E-state index contributed by atoms with van der Waals surface area (Å²) in [6.45, 7) is -0.638. The van der Waals surface area contributed by atoms with Gasteiger partial charge in [0, 0.05) is 21.8 Å². The Morgan fingerprint density at radius 1 is 1.17 bits per heavy atom. The Balaban J connectivity index is 1.75. The SMILES string of the molecule is [2H]C1(c2ccc(C([2H])([2H])c3cc([C@]4(OC)O[C@H](CO)[C@@H](O)[C@H](O)[C@H]4O)ccc3Cl)cc2)CC1. The number of methoxy groups -OCH3 is 1. The molecule has 0 spiro atoms. The second-order valence-electron chi connectivity index (χ2n) is 7.64. The molecule has 1 saturated heterocycles. The molecule has 2 fully saturated rings. The third-order valence-corrected chi connectivity index (χ3v) is 6.02. The standard InChI is InChI=1S/C23H27ClO6/c1-29-23(22(28)21(27)20(26)19(12-25)30-23)17-8-9-18(24)16(11-17)10-13-2-4-14(5-3-13)15-6-7-15/h2-5,8-9,11,15,19-22,25-28H,6-7,10,12H2,1H3/t19-,20-,21+,22-,23+/m1/s1/i10D2,15D. The van der Waals surface area contributed by atoms with Gasteiger partial charge < -0.3 is 29.9 Å². The van der Waals surface area contributed by atoms with Crippen LogP contribution >= 0.6 is 11.6 Å². The molecule has 1 saturated carbocycles. The lowest BCUT2D eigenvalue weighted by Gasteiger charge is -2.47. The number of hydrogen-bond donors (Lipinski definition) is 4. The monoisotopic (exact) mass is 437 g/mol. The molecule has 1 aliphatic heterocycles. The highest BCUT2D eigenvalue weighted by Gasteiger charge is 2.55. The molecule has 0 bridgehead atoms. The first-order chi connectivity index (χ1) is 15.5. The van der Waals surface area contributed by atoms with Gasteiger partial charge in [0.15, 0.2) is 0 Å². The normalized spacial score (nSPS) is 34.7. The smallest absolute Gasteiger partial charge is 0.224 e. The van der Waals surface area contributed by atoms with E-state index in [1.807, 2.05) is 0 Å².